The number of rotatable bonds is 25. The fraction of sp³-hybridized carbons (Fsp3) is 0.455. The number of carbonyl (C=O) groups excluding carboxylic acids is 6. The summed E-state index contributed by atoms with van der Waals surface area (Å²) >= 11 is 1.07. The minimum absolute atomic E-state index is 0.00282. The molecule has 0 fully saturated rings. The number of benzene rings is 2. The van der Waals surface area contributed by atoms with E-state index in [1.165, 1.54) is 13.8 Å². The van der Waals surface area contributed by atoms with Crippen LogP contribution in [0.15, 0.2) is 60.8 Å². The lowest BCUT2D eigenvalue weighted by atomic mass is 9.83. The van der Waals surface area contributed by atoms with Gasteiger partial charge in [-0.3, -0.25) is 33.6 Å². The van der Waals surface area contributed by atoms with Crippen molar-refractivity contribution in [3.63, 3.8) is 0 Å². The van der Waals surface area contributed by atoms with E-state index in [4.69, 9.17) is 16.6 Å². The molecular weight excluding hydrogens is 871 g/mol. The molecule has 0 bridgehead atoms. The van der Waals surface area contributed by atoms with Crippen molar-refractivity contribution in [2.75, 3.05) is 24.6 Å². The van der Waals surface area contributed by atoms with Crippen molar-refractivity contribution in [1.82, 2.24) is 30.7 Å². The fourth-order valence-corrected chi connectivity index (χ4v) is 7.57. The second-order valence-electron chi connectivity index (χ2n) is 16.5. The molecule has 10 N–H and O–H groups in total. The molecular formula is C44H58F2N8O10S. The molecule has 354 valence electrons. The summed E-state index contributed by atoms with van der Waals surface area (Å²) in [5.41, 5.74) is 12.0. The van der Waals surface area contributed by atoms with E-state index in [0.717, 1.165) is 35.5 Å². The van der Waals surface area contributed by atoms with Crippen LogP contribution in [0.5, 0.6) is 0 Å². The third-order valence-corrected chi connectivity index (χ3v) is 10.8. The normalized spacial score (nSPS) is 13.6. The summed E-state index contributed by atoms with van der Waals surface area (Å²) < 4.78 is 31.7. The van der Waals surface area contributed by atoms with Gasteiger partial charge in [-0.25, -0.2) is 13.6 Å². The van der Waals surface area contributed by atoms with Gasteiger partial charge in [0.2, 0.25) is 35.4 Å². The molecule has 0 aliphatic heterocycles. The Morgan fingerprint density at radius 2 is 1.54 bits per heavy atom. The highest BCUT2D eigenvalue weighted by Crippen LogP contribution is 2.41. The van der Waals surface area contributed by atoms with E-state index >= 15 is 4.39 Å². The van der Waals surface area contributed by atoms with Crippen molar-refractivity contribution in [3.05, 3.63) is 83.7 Å². The van der Waals surface area contributed by atoms with Crippen LogP contribution in [0.25, 0.3) is 11.1 Å². The Hall–Kier alpha value is -6.35. The van der Waals surface area contributed by atoms with Crippen LogP contribution >= 0.6 is 11.8 Å². The predicted octanol–water partition coefficient (Wildman–Crippen LogP) is 2.28. The zero-order valence-electron chi connectivity index (χ0n) is 36.9. The number of nitrogens with zero attached hydrogens (tertiary/aromatic N) is 2. The van der Waals surface area contributed by atoms with Crippen LogP contribution < -0.4 is 32.7 Å². The van der Waals surface area contributed by atoms with Crippen molar-refractivity contribution < 1.29 is 57.4 Å². The smallest absolute Gasteiger partial charge is 0.326 e. The van der Waals surface area contributed by atoms with E-state index in [1.807, 2.05) is 55.7 Å². The number of nitrogens with two attached hydrogens (primary N) is 2. The molecule has 2 aromatic carbocycles. The maximum absolute atomic E-state index is 15.3. The van der Waals surface area contributed by atoms with Crippen LogP contribution in [-0.4, -0.2) is 116 Å². The molecule has 5 atom stereocenters. The van der Waals surface area contributed by atoms with Crippen LogP contribution in [0.3, 0.4) is 0 Å². The SMILES string of the molecule is CC(N)C(=O)NC(C)C(=O)NC(CC(N)=O)C(=O)NCCCN(C(=O)CSCCC(=O)NC(CC(=O)O)C(=O)O)C(c1cc(-c2cc(F)ccc2F)cn1Cc1ccccc1)C(C)(C)C. The molecule has 1 aromatic heterocycles. The van der Waals surface area contributed by atoms with Gasteiger partial charge >= 0.3 is 11.9 Å². The Morgan fingerprint density at radius 3 is 2.14 bits per heavy atom. The summed E-state index contributed by atoms with van der Waals surface area (Å²) in [6.45, 7) is 8.68. The third kappa shape index (κ3) is 16.9. The minimum Gasteiger partial charge on any atom is -0.481 e. The number of primary amides is 1. The molecule has 21 heteroatoms. The molecule has 3 aromatic rings. The Morgan fingerprint density at radius 1 is 0.862 bits per heavy atom. The summed E-state index contributed by atoms with van der Waals surface area (Å²) in [5.74, 6) is -8.60. The lowest BCUT2D eigenvalue weighted by Gasteiger charge is -2.41. The zero-order valence-corrected chi connectivity index (χ0v) is 37.7. The summed E-state index contributed by atoms with van der Waals surface area (Å²) in [4.78, 5) is 101. The molecule has 5 unspecified atom stereocenters. The Balaban J connectivity index is 1.96. The van der Waals surface area contributed by atoms with Crippen LogP contribution in [-0.2, 0) is 44.9 Å². The maximum Gasteiger partial charge on any atom is 0.326 e. The van der Waals surface area contributed by atoms with Crippen molar-refractivity contribution in [2.45, 2.75) is 97.1 Å². The molecule has 0 saturated carbocycles. The second-order valence-corrected chi connectivity index (χ2v) is 17.6. The number of hydrogen-bond acceptors (Lipinski definition) is 10. The first-order chi connectivity index (χ1) is 30.5. The van der Waals surface area contributed by atoms with Gasteiger partial charge in [0.05, 0.1) is 30.7 Å². The number of carbonyl (C=O) groups is 8. The van der Waals surface area contributed by atoms with Crippen LogP contribution in [0.4, 0.5) is 8.78 Å². The molecule has 0 radical (unpaired) electrons. The van der Waals surface area contributed by atoms with E-state index in [1.54, 1.807) is 17.2 Å². The highest BCUT2D eigenvalue weighted by atomic mass is 32.2. The number of nitrogens with one attached hydrogen (secondary N) is 4. The van der Waals surface area contributed by atoms with Gasteiger partial charge in [0, 0.05) is 54.8 Å². The van der Waals surface area contributed by atoms with Gasteiger partial charge in [0.1, 0.15) is 29.8 Å². The first-order valence-electron chi connectivity index (χ1n) is 20.7. The standard InChI is InChI=1S/C44H58F2N8O10S/c1-25(47)40(60)50-26(2)41(61)52-32(20-35(48)55)42(62)49-15-9-16-54(37(57)24-65-17-14-36(56)51-33(43(63)64)21-38(58)59)39(44(3,4)5)34-18-28(30-19-29(45)12-13-31(30)46)23-53(34)22-27-10-7-6-8-11-27/h6-8,10-13,18-19,23,25-26,32-33,39H,9,14-17,20-22,24,47H2,1-5H3,(H2,48,55)(H,49,62)(H,50,60)(H,51,56)(H,52,61)(H,58,59)(H,63,64). The van der Waals surface area contributed by atoms with Crippen LogP contribution in [0.1, 0.15) is 77.6 Å². The predicted molar refractivity (Wildman–Crippen MR) is 238 cm³/mol. The zero-order chi connectivity index (χ0) is 48.6. The van der Waals surface area contributed by atoms with E-state index in [0.29, 0.717) is 11.3 Å². The minimum atomic E-state index is -1.65. The monoisotopic (exact) mass is 928 g/mol. The van der Waals surface area contributed by atoms with Crippen molar-refractivity contribution in [2.24, 2.45) is 16.9 Å². The number of thioether (sulfide) groups is 1. The molecule has 0 saturated heterocycles. The fourth-order valence-electron chi connectivity index (χ4n) is 6.76. The number of aliphatic carboxylic acids is 2. The highest BCUT2D eigenvalue weighted by molar-refractivity contribution is 7.99. The third-order valence-electron chi connectivity index (χ3n) is 9.89. The molecule has 3 rings (SSSR count). The first-order valence-corrected chi connectivity index (χ1v) is 21.9. The molecule has 0 aliphatic carbocycles. The number of halogens is 2. The highest BCUT2D eigenvalue weighted by Gasteiger charge is 2.37. The molecule has 18 nitrogen and oxygen atoms in total. The number of carboxylic acid groups (broad SMARTS) is 2. The Labute approximate surface area is 379 Å². The van der Waals surface area contributed by atoms with E-state index in [9.17, 15) is 47.9 Å². The molecule has 65 heavy (non-hydrogen) atoms. The van der Waals surface area contributed by atoms with E-state index < -0.39 is 107 Å². The van der Waals surface area contributed by atoms with Gasteiger partial charge in [0.15, 0.2) is 0 Å². The Kier molecular flexibility index (Phi) is 20.1. The number of carboxylic acids is 2. The van der Waals surface area contributed by atoms with Crippen molar-refractivity contribution >= 4 is 59.1 Å². The first kappa shape index (κ1) is 53.0. The quantitative estimate of drug-likeness (QED) is 0.0569. The summed E-state index contributed by atoms with van der Waals surface area (Å²) in [6, 6.07) is 8.29. The second kappa shape index (κ2) is 24.6. The lowest BCUT2D eigenvalue weighted by Crippen LogP contribution is -2.55. The summed E-state index contributed by atoms with van der Waals surface area (Å²) in [7, 11) is 0. The van der Waals surface area contributed by atoms with Crippen molar-refractivity contribution in [3.8, 4) is 11.1 Å². The van der Waals surface area contributed by atoms with Crippen LogP contribution in [0, 0.1) is 17.0 Å². The van der Waals surface area contributed by atoms with E-state index in [2.05, 4.69) is 21.3 Å². The molecule has 0 aliphatic rings. The molecule has 6 amide bonds. The largest absolute Gasteiger partial charge is 0.481 e. The van der Waals surface area contributed by atoms with Crippen molar-refractivity contribution in [1.29, 1.82) is 0 Å². The number of amides is 6. The van der Waals surface area contributed by atoms with Gasteiger partial charge in [-0.05, 0) is 55.5 Å². The molecule has 0 spiro atoms. The maximum atomic E-state index is 15.3. The van der Waals surface area contributed by atoms with Gasteiger partial charge < -0.3 is 52.4 Å². The average molecular weight is 929 g/mol. The van der Waals surface area contributed by atoms with Gasteiger partial charge in [-0.1, -0.05) is 51.1 Å². The van der Waals surface area contributed by atoms with Gasteiger partial charge in [-0.15, -0.1) is 0 Å². The number of aromatic nitrogens is 1. The van der Waals surface area contributed by atoms with Gasteiger partial charge in [0.25, 0.3) is 0 Å². The Bertz CT molecular complexity index is 2180. The lowest BCUT2D eigenvalue weighted by molar-refractivity contribution is -0.147. The van der Waals surface area contributed by atoms with Gasteiger partial charge in [-0.2, -0.15) is 11.8 Å². The number of hydrogen-bond donors (Lipinski definition) is 8. The topological polar surface area (TPSA) is 285 Å². The van der Waals surface area contributed by atoms with Crippen LogP contribution in [0.2, 0.25) is 0 Å². The summed E-state index contributed by atoms with van der Waals surface area (Å²) in [5, 5.41) is 28.0. The summed E-state index contributed by atoms with van der Waals surface area (Å²) in [6.07, 6.45) is 0.170. The average Bonchev–Trinajstić information content (AvgIpc) is 3.62. The molecule has 1 heterocycles. The van der Waals surface area contributed by atoms with E-state index in [-0.39, 0.29) is 49.5 Å².